The van der Waals surface area contributed by atoms with Crippen LogP contribution in [0.25, 0.3) is 11.5 Å². The van der Waals surface area contributed by atoms with Crippen molar-refractivity contribution in [3.05, 3.63) is 41.8 Å². The van der Waals surface area contributed by atoms with Gasteiger partial charge in [0.05, 0.1) is 12.1 Å². The summed E-state index contributed by atoms with van der Waals surface area (Å²) in [7, 11) is 1.65. The first-order valence-corrected chi connectivity index (χ1v) is 8.59. The normalized spacial score (nSPS) is 15.2. The lowest BCUT2D eigenvalue weighted by atomic mass is 9.95. The van der Waals surface area contributed by atoms with Gasteiger partial charge in [0.1, 0.15) is 5.76 Å². The van der Waals surface area contributed by atoms with E-state index in [1.54, 1.807) is 7.05 Å². The van der Waals surface area contributed by atoms with Crippen LogP contribution in [0.1, 0.15) is 24.3 Å². The van der Waals surface area contributed by atoms with E-state index in [0.29, 0.717) is 43.3 Å². The maximum Gasteiger partial charge on any atom is 0.228 e. The fourth-order valence-electron chi connectivity index (χ4n) is 3.15. The number of hydrogen-bond donors (Lipinski definition) is 1. The summed E-state index contributed by atoms with van der Waals surface area (Å²) in [6.07, 6.45) is 1.64. The zero-order valence-electron chi connectivity index (χ0n) is 14.6. The maximum absolute atomic E-state index is 12.6. The minimum Gasteiger partial charge on any atom is -0.441 e. The van der Waals surface area contributed by atoms with Gasteiger partial charge in [0.25, 0.3) is 0 Å². The summed E-state index contributed by atoms with van der Waals surface area (Å²) < 4.78 is 5.72. The van der Waals surface area contributed by atoms with Crippen LogP contribution in [0, 0.1) is 12.8 Å². The number of aryl methyl sites for hydroxylation is 1. The summed E-state index contributed by atoms with van der Waals surface area (Å²) in [6, 6.07) is 9.65. The second-order valence-corrected chi connectivity index (χ2v) is 6.33. The number of carbonyl (C=O) groups is 2. The van der Waals surface area contributed by atoms with Crippen molar-refractivity contribution in [3.8, 4) is 11.5 Å². The highest BCUT2D eigenvalue weighted by Crippen LogP contribution is 2.23. The molecule has 0 saturated carbocycles. The van der Waals surface area contributed by atoms with Crippen LogP contribution in [0.15, 0.2) is 34.7 Å². The topological polar surface area (TPSA) is 75.4 Å². The van der Waals surface area contributed by atoms with Gasteiger partial charge in [-0.1, -0.05) is 18.2 Å². The molecule has 2 aromatic rings. The molecule has 0 unspecified atom stereocenters. The monoisotopic (exact) mass is 341 g/mol. The van der Waals surface area contributed by atoms with Crippen molar-refractivity contribution in [1.82, 2.24) is 15.2 Å². The smallest absolute Gasteiger partial charge is 0.228 e. The van der Waals surface area contributed by atoms with Crippen LogP contribution in [0.3, 0.4) is 0 Å². The molecule has 1 aromatic carbocycles. The van der Waals surface area contributed by atoms with Gasteiger partial charge in [-0.25, -0.2) is 4.98 Å². The highest BCUT2D eigenvalue weighted by Gasteiger charge is 2.27. The second-order valence-electron chi connectivity index (χ2n) is 6.33. The van der Waals surface area contributed by atoms with E-state index in [-0.39, 0.29) is 24.2 Å². The Morgan fingerprint density at radius 3 is 2.56 bits per heavy atom. The van der Waals surface area contributed by atoms with E-state index < -0.39 is 0 Å². The molecule has 2 amide bonds. The van der Waals surface area contributed by atoms with Crippen molar-refractivity contribution < 1.29 is 14.0 Å². The number of nitrogens with zero attached hydrogens (tertiary/aromatic N) is 2. The Hall–Kier alpha value is -2.63. The van der Waals surface area contributed by atoms with Crippen LogP contribution in [0.2, 0.25) is 0 Å². The number of hydrogen-bond acceptors (Lipinski definition) is 4. The fraction of sp³-hybridized carbons (Fsp3) is 0.421. The summed E-state index contributed by atoms with van der Waals surface area (Å²) in [5.74, 6) is 1.32. The molecule has 2 heterocycles. The molecule has 1 N–H and O–H groups in total. The number of carbonyl (C=O) groups excluding carboxylic acids is 2. The third-order valence-corrected chi connectivity index (χ3v) is 4.70. The molecule has 6 nitrogen and oxygen atoms in total. The Morgan fingerprint density at radius 1 is 1.24 bits per heavy atom. The molecule has 6 heteroatoms. The number of aromatic nitrogens is 1. The zero-order valence-corrected chi connectivity index (χ0v) is 14.6. The van der Waals surface area contributed by atoms with Gasteiger partial charge in [0.2, 0.25) is 17.7 Å². The Balaban J connectivity index is 1.62. The molecule has 0 radical (unpaired) electrons. The van der Waals surface area contributed by atoms with Crippen LogP contribution in [0.5, 0.6) is 0 Å². The average molecular weight is 341 g/mol. The highest BCUT2D eigenvalue weighted by atomic mass is 16.4. The van der Waals surface area contributed by atoms with Crippen molar-refractivity contribution >= 4 is 11.8 Å². The number of benzene rings is 1. The first-order chi connectivity index (χ1) is 12.1. The van der Waals surface area contributed by atoms with Crippen molar-refractivity contribution in [2.24, 2.45) is 5.92 Å². The summed E-state index contributed by atoms with van der Waals surface area (Å²) >= 11 is 0. The summed E-state index contributed by atoms with van der Waals surface area (Å²) in [5, 5.41) is 2.68. The van der Waals surface area contributed by atoms with Crippen molar-refractivity contribution in [1.29, 1.82) is 0 Å². The third kappa shape index (κ3) is 3.90. The van der Waals surface area contributed by atoms with E-state index in [1.807, 2.05) is 42.2 Å². The number of rotatable bonds is 4. The quantitative estimate of drug-likeness (QED) is 0.925. The largest absolute Gasteiger partial charge is 0.441 e. The van der Waals surface area contributed by atoms with E-state index in [0.717, 1.165) is 5.56 Å². The van der Waals surface area contributed by atoms with E-state index in [2.05, 4.69) is 10.3 Å². The molecule has 1 saturated heterocycles. The lowest BCUT2D eigenvalue weighted by Crippen LogP contribution is -2.43. The SMILES string of the molecule is CNC(=O)C1CCN(C(=O)Cc2nc(-c3ccccc3)oc2C)CC1. The minimum absolute atomic E-state index is 0.00696. The van der Waals surface area contributed by atoms with Gasteiger partial charge in [-0.05, 0) is 31.9 Å². The van der Waals surface area contributed by atoms with E-state index in [4.69, 9.17) is 4.42 Å². The summed E-state index contributed by atoms with van der Waals surface area (Å²) in [4.78, 5) is 30.5. The molecule has 3 rings (SSSR count). The predicted molar refractivity (Wildman–Crippen MR) is 93.8 cm³/mol. The number of piperidine rings is 1. The lowest BCUT2D eigenvalue weighted by Gasteiger charge is -2.31. The fourth-order valence-corrected chi connectivity index (χ4v) is 3.15. The van der Waals surface area contributed by atoms with Crippen LogP contribution >= 0.6 is 0 Å². The van der Waals surface area contributed by atoms with Crippen LogP contribution in [-0.4, -0.2) is 41.8 Å². The number of likely N-dealkylation sites (tertiary alicyclic amines) is 1. The molecule has 1 aliphatic heterocycles. The van der Waals surface area contributed by atoms with Gasteiger partial charge in [-0.2, -0.15) is 0 Å². The summed E-state index contributed by atoms with van der Waals surface area (Å²) in [6.45, 7) is 3.05. The van der Waals surface area contributed by atoms with Crippen LogP contribution < -0.4 is 5.32 Å². The molecule has 1 fully saturated rings. The number of oxazole rings is 1. The Labute approximate surface area is 147 Å². The minimum atomic E-state index is 0.00696. The second kappa shape index (κ2) is 7.51. The molecular weight excluding hydrogens is 318 g/mol. The molecule has 1 aliphatic rings. The lowest BCUT2D eigenvalue weighted by molar-refractivity contribution is -0.135. The van der Waals surface area contributed by atoms with Crippen LogP contribution in [0.4, 0.5) is 0 Å². The van der Waals surface area contributed by atoms with Crippen molar-refractivity contribution in [3.63, 3.8) is 0 Å². The Kier molecular flexibility index (Phi) is 5.16. The van der Waals surface area contributed by atoms with Gasteiger partial charge in [0.15, 0.2) is 0 Å². The molecule has 25 heavy (non-hydrogen) atoms. The molecular formula is C19H23N3O3. The van der Waals surface area contributed by atoms with Gasteiger partial charge in [-0.15, -0.1) is 0 Å². The molecule has 1 aromatic heterocycles. The van der Waals surface area contributed by atoms with Gasteiger partial charge in [0, 0.05) is 31.6 Å². The van der Waals surface area contributed by atoms with Crippen molar-refractivity contribution in [2.45, 2.75) is 26.2 Å². The van der Waals surface area contributed by atoms with Crippen molar-refractivity contribution in [2.75, 3.05) is 20.1 Å². The van der Waals surface area contributed by atoms with Gasteiger partial charge in [-0.3, -0.25) is 9.59 Å². The van der Waals surface area contributed by atoms with Gasteiger partial charge >= 0.3 is 0 Å². The Morgan fingerprint density at radius 2 is 1.92 bits per heavy atom. The number of nitrogens with one attached hydrogen (secondary N) is 1. The van der Waals surface area contributed by atoms with Crippen LogP contribution in [-0.2, 0) is 16.0 Å². The van der Waals surface area contributed by atoms with E-state index in [9.17, 15) is 9.59 Å². The Bertz CT molecular complexity index is 747. The predicted octanol–water partition coefficient (Wildman–Crippen LogP) is 2.18. The number of amides is 2. The standard InChI is InChI=1S/C19H23N3O3/c1-13-16(21-19(25-13)15-6-4-3-5-7-15)12-17(23)22-10-8-14(9-11-22)18(24)20-2/h3-7,14H,8-12H2,1-2H3,(H,20,24). The van der Waals surface area contributed by atoms with E-state index >= 15 is 0 Å². The molecule has 0 spiro atoms. The van der Waals surface area contributed by atoms with Gasteiger partial charge < -0.3 is 14.6 Å². The molecule has 132 valence electrons. The maximum atomic E-state index is 12.6. The van der Waals surface area contributed by atoms with E-state index in [1.165, 1.54) is 0 Å². The highest BCUT2D eigenvalue weighted by molar-refractivity contribution is 5.81. The first kappa shape index (κ1) is 17.2. The molecule has 0 bridgehead atoms. The third-order valence-electron chi connectivity index (χ3n) is 4.70. The molecule has 0 atom stereocenters. The molecule has 0 aliphatic carbocycles. The zero-order chi connectivity index (χ0) is 17.8. The summed E-state index contributed by atoms with van der Waals surface area (Å²) in [5.41, 5.74) is 1.58. The first-order valence-electron chi connectivity index (χ1n) is 8.59. The average Bonchev–Trinajstić information content (AvgIpc) is 3.02.